The minimum absolute atomic E-state index is 0.193. The predicted molar refractivity (Wildman–Crippen MR) is 146 cm³/mol. The van der Waals surface area contributed by atoms with Crippen LogP contribution in [0.25, 0.3) is 0 Å². The topological polar surface area (TPSA) is 87.7 Å². The van der Waals surface area contributed by atoms with E-state index in [0.717, 1.165) is 48.8 Å². The number of aryl methyl sites for hydroxylation is 2. The molecule has 0 aromatic heterocycles. The van der Waals surface area contributed by atoms with Gasteiger partial charge >= 0.3 is 6.09 Å². The van der Waals surface area contributed by atoms with E-state index < -0.39 is 23.8 Å². The molecule has 2 atom stereocenters. The Morgan fingerprint density at radius 2 is 1.64 bits per heavy atom. The number of carbonyl (C=O) groups excluding carboxylic acids is 3. The van der Waals surface area contributed by atoms with Gasteiger partial charge in [0.1, 0.15) is 17.7 Å². The molecule has 0 saturated heterocycles. The first-order chi connectivity index (χ1) is 16.8. The number of hydrogen-bond acceptors (Lipinski definition) is 4. The summed E-state index contributed by atoms with van der Waals surface area (Å²) in [5, 5.41) is 5.83. The molecule has 0 saturated carbocycles. The van der Waals surface area contributed by atoms with E-state index >= 15 is 0 Å². The highest BCUT2D eigenvalue weighted by Gasteiger charge is 2.37. The number of nitrogens with zero attached hydrogens (tertiary/aromatic N) is 1. The van der Waals surface area contributed by atoms with Gasteiger partial charge in [0.05, 0.1) is 0 Å². The van der Waals surface area contributed by atoms with Crippen molar-refractivity contribution in [1.82, 2.24) is 15.5 Å². The van der Waals surface area contributed by atoms with Gasteiger partial charge in [-0.25, -0.2) is 4.79 Å². The largest absolute Gasteiger partial charge is 0.444 e. The SMILES string of the molecule is CCCCCN(C(=O)C(NC(=O)OC(C)(C)C)C(C)C)C(C(=O)NCCCC)c1cc(C)ccc1C. The molecule has 0 fully saturated rings. The lowest BCUT2D eigenvalue weighted by atomic mass is 9.94. The second kappa shape index (κ2) is 14.9. The summed E-state index contributed by atoms with van der Waals surface area (Å²) in [6.45, 7) is 18.2. The Balaban J connectivity index is 3.50. The molecular weight excluding hydrogens is 454 g/mol. The van der Waals surface area contributed by atoms with Gasteiger partial charge in [-0.15, -0.1) is 0 Å². The Morgan fingerprint density at radius 1 is 1.00 bits per heavy atom. The lowest BCUT2D eigenvalue weighted by Crippen LogP contribution is -2.55. The molecule has 0 aliphatic heterocycles. The number of amides is 3. The second-order valence-electron chi connectivity index (χ2n) is 11.0. The smallest absolute Gasteiger partial charge is 0.408 e. The van der Waals surface area contributed by atoms with Gasteiger partial charge in [0.15, 0.2) is 0 Å². The Labute approximate surface area is 218 Å². The van der Waals surface area contributed by atoms with Crippen LogP contribution in [0.15, 0.2) is 18.2 Å². The zero-order valence-electron chi connectivity index (χ0n) is 24.0. The fraction of sp³-hybridized carbons (Fsp3) is 0.690. The van der Waals surface area contributed by atoms with Crippen LogP contribution in [0.3, 0.4) is 0 Å². The number of ether oxygens (including phenoxy) is 1. The zero-order valence-corrected chi connectivity index (χ0v) is 24.0. The molecule has 0 aliphatic carbocycles. The molecule has 1 aromatic rings. The van der Waals surface area contributed by atoms with Crippen molar-refractivity contribution < 1.29 is 19.1 Å². The standard InChI is InChI=1S/C29H49N3O4/c1-10-12-14-18-32(27(34)24(20(3)4)31-28(35)36-29(7,8)9)25(26(33)30-17-13-11-2)23-19-21(5)15-16-22(23)6/h15-16,19-20,24-25H,10-14,17-18H2,1-9H3,(H,30,33)(H,31,35). The molecule has 1 rings (SSSR count). The number of unbranched alkanes of at least 4 members (excludes halogenated alkanes) is 3. The number of rotatable bonds is 13. The number of carbonyl (C=O) groups is 3. The molecular formula is C29H49N3O4. The van der Waals surface area contributed by atoms with Gasteiger partial charge in [0, 0.05) is 13.1 Å². The number of hydrogen-bond donors (Lipinski definition) is 2. The van der Waals surface area contributed by atoms with Crippen molar-refractivity contribution in [3.05, 3.63) is 34.9 Å². The first kappa shape index (κ1) is 31.5. The third-order valence-corrected chi connectivity index (χ3v) is 6.01. The minimum atomic E-state index is -0.822. The van der Waals surface area contributed by atoms with E-state index in [4.69, 9.17) is 4.74 Å². The van der Waals surface area contributed by atoms with Crippen molar-refractivity contribution in [3.8, 4) is 0 Å². The lowest BCUT2D eigenvalue weighted by molar-refractivity contribution is -0.143. The van der Waals surface area contributed by atoms with Crippen LogP contribution in [0.4, 0.5) is 4.79 Å². The van der Waals surface area contributed by atoms with Crippen LogP contribution in [-0.2, 0) is 14.3 Å². The van der Waals surface area contributed by atoms with Crippen molar-refractivity contribution in [2.45, 2.75) is 112 Å². The summed E-state index contributed by atoms with van der Waals surface area (Å²) in [6.07, 6.45) is 3.88. The molecule has 2 N–H and O–H groups in total. The monoisotopic (exact) mass is 503 g/mol. The fourth-order valence-electron chi connectivity index (χ4n) is 4.02. The van der Waals surface area contributed by atoms with Crippen LogP contribution >= 0.6 is 0 Å². The summed E-state index contributed by atoms with van der Waals surface area (Å²) in [6, 6.07) is 4.38. The van der Waals surface area contributed by atoms with E-state index in [-0.39, 0.29) is 17.7 Å². The summed E-state index contributed by atoms with van der Waals surface area (Å²) in [4.78, 5) is 42.0. The van der Waals surface area contributed by atoms with E-state index in [2.05, 4.69) is 24.5 Å². The second-order valence-corrected chi connectivity index (χ2v) is 11.0. The van der Waals surface area contributed by atoms with Crippen LogP contribution in [0, 0.1) is 19.8 Å². The van der Waals surface area contributed by atoms with Crippen molar-refractivity contribution >= 4 is 17.9 Å². The molecule has 7 heteroatoms. The summed E-state index contributed by atoms with van der Waals surface area (Å²) in [5.74, 6) is -0.661. The van der Waals surface area contributed by atoms with Crippen LogP contribution < -0.4 is 10.6 Å². The van der Waals surface area contributed by atoms with E-state index in [1.54, 1.807) is 25.7 Å². The van der Waals surface area contributed by atoms with Gasteiger partial charge in [-0.1, -0.05) is 70.7 Å². The highest BCUT2D eigenvalue weighted by Crippen LogP contribution is 2.28. The Bertz CT molecular complexity index is 861. The minimum Gasteiger partial charge on any atom is -0.444 e. The molecule has 7 nitrogen and oxygen atoms in total. The van der Waals surface area contributed by atoms with Crippen LogP contribution in [0.1, 0.15) is 103 Å². The summed E-state index contributed by atoms with van der Waals surface area (Å²) < 4.78 is 5.44. The third kappa shape index (κ3) is 10.2. The Kier molecular flexibility index (Phi) is 13.0. The van der Waals surface area contributed by atoms with Gasteiger partial charge in [-0.3, -0.25) is 9.59 Å². The fourth-order valence-corrected chi connectivity index (χ4v) is 4.02. The zero-order chi connectivity index (χ0) is 27.5. The molecule has 204 valence electrons. The van der Waals surface area contributed by atoms with Gasteiger partial charge in [0.2, 0.25) is 11.8 Å². The predicted octanol–water partition coefficient (Wildman–Crippen LogP) is 5.83. The van der Waals surface area contributed by atoms with E-state index in [1.165, 1.54) is 0 Å². The van der Waals surface area contributed by atoms with Gasteiger partial charge in [-0.2, -0.15) is 0 Å². The number of benzene rings is 1. The Hall–Kier alpha value is -2.57. The number of nitrogens with one attached hydrogen (secondary N) is 2. The first-order valence-corrected chi connectivity index (χ1v) is 13.5. The van der Waals surface area contributed by atoms with E-state index in [9.17, 15) is 14.4 Å². The van der Waals surface area contributed by atoms with Crippen molar-refractivity contribution in [1.29, 1.82) is 0 Å². The van der Waals surface area contributed by atoms with Crippen LogP contribution in [0.5, 0.6) is 0 Å². The van der Waals surface area contributed by atoms with E-state index in [0.29, 0.717) is 13.1 Å². The maximum atomic E-state index is 14.1. The quantitative estimate of drug-likeness (QED) is 0.332. The third-order valence-electron chi connectivity index (χ3n) is 6.01. The molecule has 3 amide bonds. The van der Waals surface area contributed by atoms with Crippen molar-refractivity contribution in [2.24, 2.45) is 5.92 Å². The van der Waals surface area contributed by atoms with Gasteiger partial charge in [0.25, 0.3) is 0 Å². The molecule has 1 aromatic carbocycles. The summed E-state index contributed by atoms with van der Waals surface area (Å²) in [5.41, 5.74) is 2.10. The summed E-state index contributed by atoms with van der Waals surface area (Å²) in [7, 11) is 0. The molecule has 0 aliphatic rings. The molecule has 36 heavy (non-hydrogen) atoms. The van der Waals surface area contributed by atoms with Crippen molar-refractivity contribution in [2.75, 3.05) is 13.1 Å². The summed E-state index contributed by atoms with van der Waals surface area (Å²) >= 11 is 0. The normalized spacial score (nSPS) is 13.2. The molecule has 0 spiro atoms. The highest BCUT2D eigenvalue weighted by molar-refractivity contribution is 5.92. The van der Waals surface area contributed by atoms with Crippen molar-refractivity contribution in [3.63, 3.8) is 0 Å². The maximum Gasteiger partial charge on any atom is 0.408 e. The van der Waals surface area contributed by atoms with E-state index in [1.807, 2.05) is 45.9 Å². The average Bonchev–Trinajstić information content (AvgIpc) is 2.77. The molecule has 0 heterocycles. The maximum absolute atomic E-state index is 14.1. The first-order valence-electron chi connectivity index (χ1n) is 13.5. The highest BCUT2D eigenvalue weighted by atomic mass is 16.6. The molecule has 2 unspecified atom stereocenters. The molecule has 0 bridgehead atoms. The molecule has 0 radical (unpaired) electrons. The average molecular weight is 504 g/mol. The Morgan fingerprint density at radius 3 is 2.19 bits per heavy atom. The van der Waals surface area contributed by atoms with Crippen LogP contribution in [0.2, 0.25) is 0 Å². The lowest BCUT2D eigenvalue weighted by Gasteiger charge is -2.36. The number of alkyl carbamates (subject to hydrolysis) is 1. The van der Waals surface area contributed by atoms with Gasteiger partial charge in [-0.05, 0) is 64.5 Å². The van der Waals surface area contributed by atoms with Crippen LogP contribution in [-0.4, -0.2) is 47.5 Å². The van der Waals surface area contributed by atoms with Gasteiger partial charge < -0.3 is 20.3 Å².